The number of hydrogen-bond donors (Lipinski definition) is 6. The molecular formula is C10H6N8O6. The molecule has 0 aromatic carbocycles. The molecule has 0 fully saturated rings. The van der Waals surface area contributed by atoms with Gasteiger partial charge in [-0.25, -0.2) is 19.2 Å². The van der Waals surface area contributed by atoms with Gasteiger partial charge in [0.1, 0.15) is 11.3 Å². The van der Waals surface area contributed by atoms with Gasteiger partial charge in [-0.2, -0.15) is 9.35 Å². The van der Waals surface area contributed by atoms with E-state index in [-0.39, 0.29) is 31.7 Å². The summed E-state index contributed by atoms with van der Waals surface area (Å²) in [7, 11) is 0. The molecule has 24 heavy (non-hydrogen) atoms. The highest BCUT2D eigenvalue weighted by molar-refractivity contribution is 5.68. The second-order valence-corrected chi connectivity index (χ2v) is 4.75. The highest BCUT2D eigenvalue weighted by Gasteiger charge is 2.17. The number of fused-ring (bicyclic) bond motifs is 2. The van der Waals surface area contributed by atoms with Crippen LogP contribution in [-0.4, -0.2) is 39.3 Å². The number of aromatic nitrogens is 8. The Hall–Kier alpha value is -4.10. The molecular weight excluding hydrogens is 328 g/mol. The lowest BCUT2D eigenvalue weighted by molar-refractivity contribution is 0.545. The third-order valence-corrected chi connectivity index (χ3v) is 3.32. The average Bonchev–Trinajstić information content (AvgIpc) is 3.04. The van der Waals surface area contributed by atoms with Crippen LogP contribution in [0.3, 0.4) is 0 Å². The van der Waals surface area contributed by atoms with E-state index in [2.05, 4.69) is 29.9 Å². The van der Waals surface area contributed by atoms with Crippen molar-refractivity contribution in [3.63, 3.8) is 0 Å². The van der Waals surface area contributed by atoms with Crippen molar-refractivity contribution in [1.29, 1.82) is 0 Å². The summed E-state index contributed by atoms with van der Waals surface area (Å²) in [4.78, 5) is 84.4. The minimum atomic E-state index is -1.15. The third kappa shape index (κ3) is 1.64. The third-order valence-electron chi connectivity index (χ3n) is 3.32. The van der Waals surface area contributed by atoms with Gasteiger partial charge in [-0.3, -0.25) is 39.5 Å². The van der Waals surface area contributed by atoms with Crippen LogP contribution < -0.4 is 33.9 Å². The molecule has 0 aliphatic heterocycles. The first-order chi connectivity index (χ1) is 11.4. The molecule has 4 rings (SSSR count). The van der Waals surface area contributed by atoms with Gasteiger partial charge in [-0.05, 0) is 0 Å². The van der Waals surface area contributed by atoms with Crippen molar-refractivity contribution in [3.05, 3.63) is 62.6 Å². The largest absolute Gasteiger partial charge is 0.350 e. The van der Waals surface area contributed by atoms with Crippen molar-refractivity contribution in [2.75, 3.05) is 0 Å². The highest BCUT2D eigenvalue weighted by Crippen LogP contribution is 1.94. The first-order valence-corrected chi connectivity index (χ1v) is 6.32. The minimum absolute atomic E-state index is 0.188. The predicted molar refractivity (Wildman–Crippen MR) is 78.4 cm³/mol. The second kappa shape index (κ2) is 4.22. The van der Waals surface area contributed by atoms with Crippen LogP contribution in [0.5, 0.6) is 0 Å². The number of rotatable bonds is 1. The Morgan fingerprint density at radius 1 is 0.500 bits per heavy atom. The molecule has 0 spiro atoms. The summed E-state index contributed by atoms with van der Waals surface area (Å²) in [5.41, 5.74) is -7.10. The summed E-state index contributed by atoms with van der Waals surface area (Å²) in [6.07, 6.45) is 0. The molecule has 14 nitrogen and oxygen atoms in total. The van der Waals surface area contributed by atoms with Crippen LogP contribution in [0.1, 0.15) is 0 Å². The van der Waals surface area contributed by atoms with Crippen LogP contribution in [0.2, 0.25) is 0 Å². The van der Waals surface area contributed by atoms with Gasteiger partial charge in [-0.15, -0.1) is 0 Å². The Balaban J connectivity index is 2.26. The summed E-state index contributed by atoms with van der Waals surface area (Å²) >= 11 is 0. The van der Waals surface area contributed by atoms with Crippen LogP contribution in [0.4, 0.5) is 0 Å². The van der Waals surface area contributed by atoms with Crippen molar-refractivity contribution < 1.29 is 0 Å². The summed E-state index contributed by atoms with van der Waals surface area (Å²) in [6.45, 7) is 0. The Kier molecular flexibility index (Phi) is 2.38. The molecule has 6 N–H and O–H groups in total. The molecule has 4 heterocycles. The van der Waals surface area contributed by atoms with E-state index < -0.39 is 33.9 Å². The number of nitrogens with one attached hydrogen (secondary N) is 6. The lowest BCUT2D eigenvalue weighted by Gasteiger charge is -2.05. The van der Waals surface area contributed by atoms with Gasteiger partial charge >= 0.3 is 33.9 Å². The molecule has 4 aromatic heterocycles. The van der Waals surface area contributed by atoms with Crippen molar-refractivity contribution in [1.82, 2.24) is 39.3 Å². The standard InChI is InChI=1S/C10H6N8O6/c19-5-1-3(13-7(21)11-1)15-9(23)17(5)18-6(20)2-4(16-10(18)24)14-8(22)12-2/h(H,15,23)(H,16,24)(H2,11,13,21)(H2,12,14,22). The topological polar surface area (TPSA) is 207 Å². The van der Waals surface area contributed by atoms with Gasteiger partial charge < -0.3 is 0 Å². The first kappa shape index (κ1) is 13.6. The Bertz CT molecular complexity index is 1360. The Morgan fingerprint density at radius 2 is 0.875 bits per heavy atom. The van der Waals surface area contributed by atoms with E-state index >= 15 is 0 Å². The van der Waals surface area contributed by atoms with Crippen molar-refractivity contribution in [3.8, 4) is 0 Å². The van der Waals surface area contributed by atoms with Crippen LogP contribution >= 0.6 is 0 Å². The number of hydrogen-bond acceptors (Lipinski definition) is 6. The van der Waals surface area contributed by atoms with Gasteiger partial charge in [0.25, 0.3) is 0 Å². The molecule has 122 valence electrons. The molecule has 0 aliphatic carbocycles. The van der Waals surface area contributed by atoms with Crippen LogP contribution in [0.25, 0.3) is 22.3 Å². The van der Waals surface area contributed by atoms with Gasteiger partial charge in [0.05, 0.1) is 0 Å². The smallest absolute Gasteiger partial charge is 0.300 e. The predicted octanol–water partition coefficient (Wildman–Crippen LogP) is -3.96. The number of imidazole rings is 2. The summed E-state index contributed by atoms with van der Waals surface area (Å²) in [5, 5.41) is 0. The van der Waals surface area contributed by atoms with E-state index in [4.69, 9.17) is 0 Å². The van der Waals surface area contributed by atoms with E-state index in [1.54, 1.807) is 0 Å². The zero-order chi connectivity index (χ0) is 17.2. The van der Waals surface area contributed by atoms with Crippen LogP contribution in [0.15, 0.2) is 28.8 Å². The van der Waals surface area contributed by atoms with Crippen molar-refractivity contribution in [2.24, 2.45) is 0 Å². The van der Waals surface area contributed by atoms with E-state index in [1.165, 1.54) is 0 Å². The summed E-state index contributed by atoms with van der Waals surface area (Å²) in [5.74, 6) is 0. The van der Waals surface area contributed by atoms with E-state index in [1.807, 2.05) is 0 Å². The second-order valence-electron chi connectivity index (χ2n) is 4.75. The molecule has 0 saturated carbocycles. The van der Waals surface area contributed by atoms with Crippen LogP contribution in [0, 0.1) is 0 Å². The lowest BCUT2D eigenvalue weighted by Crippen LogP contribution is -2.50. The quantitative estimate of drug-likeness (QED) is 0.204. The highest BCUT2D eigenvalue weighted by atomic mass is 16.2. The van der Waals surface area contributed by atoms with Gasteiger partial charge in [-0.1, -0.05) is 0 Å². The Labute approximate surface area is 125 Å². The number of H-pyrrole nitrogens is 6. The zero-order valence-electron chi connectivity index (χ0n) is 11.3. The maximum absolute atomic E-state index is 12.4. The monoisotopic (exact) mass is 334 g/mol. The fourth-order valence-electron chi connectivity index (χ4n) is 2.35. The zero-order valence-corrected chi connectivity index (χ0v) is 11.3. The van der Waals surface area contributed by atoms with Gasteiger partial charge in [0.15, 0.2) is 11.0 Å². The molecule has 14 heteroatoms. The molecule has 0 radical (unpaired) electrons. The van der Waals surface area contributed by atoms with E-state index in [9.17, 15) is 28.8 Å². The summed E-state index contributed by atoms with van der Waals surface area (Å²) in [6, 6.07) is 0. The van der Waals surface area contributed by atoms with Crippen molar-refractivity contribution >= 4 is 22.3 Å². The number of aromatic amines is 6. The maximum atomic E-state index is 12.4. The SMILES string of the molecule is O=c1[nH]c2[nH]c(=O)n(-n3c(=O)[nH]c4[nH]c(=O)[nH]c4c3=O)c(=O)c2[nH]1. The fraction of sp³-hybridized carbons (Fsp3) is 0. The molecule has 0 amide bonds. The maximum Gasteiger partial charge on any atom is 0.350 e. The average molecular weight is 334 g/mol. The number of nitrogens with zero attached hydrogens (tertiary/aromatic N) is 2. The molecule has 4 aromatic rings. The molecule has 0 saturated heterocycles. The fourth-order valence-corrected chi connectivity index (χ4v) is 2.35. The normalized spacial score (nSPS) is 11.5. The van der Waals surface area contributed by atoms with E-state index in [0.717, 1.165) is 0 Å². The molecule has 0 unspecified atom stereocenters. The molecule has 0 atom stereocenters. The first-order valence-electron chi connectivity index (χ1n) is 6.32. The minimum Gasteiger partial charge on any atom is -0.300 e. The Morgan fingerprint density at radius 3 is 1.25 bits per heavy atom. The van der Waals surface area contributed by atoms with E-state index in [0.29, 0.717) is 0 Å². The van der Waals surface area contributed by atoms with Gasteiger partial charge in [0.2, 0.25) is 0 Å². The van der Waals surface area contributed by atoms with Crippen LogP contribution in [-0.2, 0) is 0 Å². The molecule has 0 bridgehead atoms. The molecule has 0 aliphatic rings. The van der Waals surface area contributed by atoms with Crippen molar-refractivity contribution in [2.45, 2.75) is 0 Å². The van der Waals surface area contributed by atoms with Gasteiger partial charge in [0, 0.05) is 0 Å². The lowest BCUT2D eigenvalue weighted by atomic mass is 10.5. The summed E-state index contributed by atoms with van der Waals surface area (Å²) < 4.78 is 0.413.